The number of rotatable bonds is 0. The monoisotopic (exact) mass is 218 g/mol. The molecule has 0 aromatic carbocycles. The molecule has 0 bridgehead atoms. The zero-order valence-electron chi connectivity index (χ0n) is 8.72. The molecule has 5 nitrogen and oxygen atoms in total. The molecule has 1 aliphatic carbocycles. The number of nitrogens with one attached hydrogen (secondary N) is 2. The van der Waals surface area contributed by atoms with Gasteiger partial charge in [0.15, 0.2) is 0 Å². The number of aromatic nitrogens is 1. The molecule has 0 spiro atoms. The molecular weight excluding hydrogens is 206 g/mol. The predicted octanol–water partition coefficient (Wildman–Crippen LogP) is -0.155. The van der Waals surface area contributed by atoms with Crippen molar-refractivity contribution in [1.82, 2.24) is 5.32 Å². The van der Waals surface area contributed by atoms with Gasteiger partial charge in [0.2, 0.25) is 0 Å². The van der Waals surface area contributed by atoms with Crippen LogP contribution in [0.1, 0.15) is 44.8 Å². The maximum Gasteiger partial charge on any atom is 0.284 e. The van der Waals surface area contributed by atoms with Gasteiger partial charge in [-0.3, -0.25) is 20.6 Å². The van der Waals surface area contributed by atoms with Crippen LogP contribution in [0.4, 0.5) is 5.82 Å². The highest BCUT2D eigenvalue weighted by Gasteiger charge is 2.37. The van der Waals surface area contributed by atoms with Crippen molar-refractivity contribution < 1.29 is 14.6 Å². The summed E-state index contributed by atoms with van der Waals surface area (Å²) in [6.07, 6.45) is 3.89. The van der Waals surface area contributed by atoms with Crippen LogP contribution >= 0.6 is 0 Å². The van der Waals surface area contributed by atoms with Gasteiger partial charge in [0.25, 0.3) is 17.6 Å². The van der Waals surface area contributed by atoms with Crippen molar-refractivity contribution in [3.8, 4) is 0 Å². The standard InChI is InChI=1S/C11H11N3O2/c12-9-8-7(10(15)14-11(8)16)5-3-1-2-4-6(5)13-9/h1-4H2,(H2,12,13)(H,14,15,16)/p+1. The Labute approximate surface area is 92.0 Å². The lowest BCUT2D eigenvalue weighted by Gasteiger charge is -2.15. The Balaban J connectivity index is 2.33. The van der Waals surface area contributed by atoms with Crippen LogP contribution in [0.25, 0.3) is 0 Å². The third-order valence-corrected chi connectivity index (χ3v) is 3.26. The molecule has 82 valence electrons. The van der Waals surface area contributed by atoms with Crippen LogP contribution in [0.3, 0.4) is 0 Å². The first-order valence-electron chi connectivity index (χ1n) is 5.40. The second kappa shape index (κ2) is 3.04. The fourth-order valence-electron chi connectivity index (χ4n) is 2.54. The lowest BCUT2D eigenvalue weighted by molar-refractivity contribution is -0.374. The average molecular weight is 218 g/mol. The molecule has 0 radical (unpaired) electrons. The number of amides is 2. The molecule has 0 atom stereocenters. The largest absolute Gasteiger partial charge is 0.288 e. The molecule has 3 rings (SSSR count). The first-order chi connectivity index (χ1) is 7.68. The molecular formula is C11H12N3O2+. The Morgan fingerprint density at radius 3 is 2.56 bits per heavy atom. The Morgan fingerprint density at radius 1 is 1.06 bits per heavy atom. The highest BCUT2D eigenvalue weighted by molar-refractivity contribution is 6.23. The summed E-state index contributed by atoms with van der Waals surface area (Å²) in [5.41, 5.74) is 8.58. The first-order valence-corrected chi connectivity index (χ1v) is 5.40. The quantitative estimate of drug-likeness (QED) is 0.593. The number of aryl methyl sites for hydroxylation is 1. The number of imide groups is 1. The summed E-state index contributed by atoms with van der Waals surface area (Å²) < 4.78 is 0. The van der Waals surface area contributed by atoms with E-state index in [0.29, 0.717) is 16.9 Å². The summed E-state index contributed by atoms with van der Waals surface area (Å²) in [5, 5.41) is 2.30. The third-order valence-electron chi connectivity index (χ3n) is 3.26. The molecule has 2 heterocycles. The Morgan fingerprint density at radius 2 is 1.75 bits per heavy atom. The van der Waals surface area contributed by atoms with E-state index in [4.69, 9.17) is 5.73 Å². The first kappa shape index (κ1) is 9.33. The second-order valence-electron chi connectivity index (χ2n) is 4.24. The van der Waals surface area contributed by atoms with E-state index >= 15 is 0 Å². The van der Waals surface area contributed by atoms with Gasteiger partial charge in [-0.15, -0.1) is 0 Å². The molecule has 2 aliphatic rings. The summed E-state index contributed by atoms with van der Waals surface area (Å²) in [6.45, 7) is 0. The normalized spacial score (nSPS) is 18.0. The van der Waals surface area contributed by atoms with Crippen LogP contribution < -0.4 is 16.0 Å². The Kier molecular flexibility index (Phi) is 1.77. The number of carbonyl (C=O) groups excluding carboxylic acids is 2. The van der Waals surface area contributed by atoms with Gasteiger partial charge < -0.3 is 0 Å². The molecule has 4 N–H and O–H groups in total. The van der Waals surface area contributed by atoms with E-state index in [1.54, 1.807) is 0 Å². The summed E-state index contributed by atoms with van der Waals surface area (Å²) >= 11 is 0. The summed E-state index contributed by atoms with van der Waals surface area (Å²) in [6, 6.07) is 0. The van der Waals surface area contributed by atoms with E-state index in [2.05, 4.69) is 10.3 Å². The molecule has 5 heteroatoms. The molecule has 1 aromatic heterocycles. The highest BCUT2D eigenvalue weighted by atomic mass is 16.2. The third kappa shape index (κ3) is 1.08. The van der Waals surface area contributed by atoms with Crippen LogP contribution in [0, 0.1) is 0 Å². The molecule has 16 heavy (non-hydrogen) atoms. The van der Waals surface area contributed by atoms with Crippen LogP contribution in [0.15, 0.2) is 0 Å². The number of hydrogen-bond donors (Lipinski definition) is 2. The van der Waals surface area contributed by atoms with Gasteiger partial charge in [-0.05, 0) is 19.3 Å². The summed E-state index contributed by atoms with van der Waals surface area (Å²) in [5.74, 6) is -0.389. The van der Waals surface area contributed by atoms with E-state index < -0.39 is 0 Å². The smallest absolute Gasteiger partial charge is 0.284 e. The van der Waals surface area contributed by atoms with Crippen molar-refractivity contribution in [2.75, 3.05) is 5.73 Å². The number of fused-ring (bicyclic) bond motifs is 3. The topological polar surface area (TPSA) is 86.3 Å². The Hall–Kier alpha value is -1.91. The lowest BCUT2D eigenvalue weighted by Crippen LogP contribution is -2.26. The molecule has 1 aliphatic heterocycles. The lowest BCUT2D eigenvalue weighted by atomic mass is 9.90. The molecule has 0 fully saturated rings. The van der Waals surface area contributed by atoms with E-state index in [1.165, 1.54) is 0 Å². The SMILES string of the molecule is Nc1[nH+]c2c(c3c1C(=O)NC3=O)CCCC2. The molecule has 0 unspecified atom stereocenters. The van der Waals surface area contributed by atoms with Gasteiger partial charge in [-0.2, -0.15) is 0 Å². The van der Waals surface area contributed by atoms with Crippen molar-refractivity contribution in [1.29, 1.82) is 0 Å². The van der Waals surface area contributed by atoms with Crippen LogP contribution in [-0.4, -0.2) is 11.8 Å². The molecule has 0 saturated heterocycles. The number of H-pyrrole nitrogens is 1. The fourth-order valence-corrected chi connectivity index (χ4v) is 2.54. The van der Waals surface area contributed by atoms with Crippen molar-refractivity contribution in [2.24, 2.45) is 0 Å². The maximum atomic E-state index is 11.7. The van der Waals surface area contributed by atoms with Gasteiger partial charge in [0.05, 0.1) is 5.56 Å². The van der Waals surface area contributed by atoms with Crippen LogP contribution in [0.2, 0.25) is 0 Å². The van der Waals surface area contributed by atoms with Crippen molar-refractivity contribution in [3.05, 3.63) is 22.4 Å². The number of pyridine rings is 1. The number of nitrogen functional groups attached to an aromatic ring is 1. The summed E-state index contributed by atoms with van der Waals surface area (Å²) in [4.78, 5) is 26.3. The number of hydrogen-bond acceptors (Lipinski definition) is 3. The van der Waals surface area contributed by atoms with Crippen LogP contribution in [-0.2, 0) is 12.8 Å². The van der Waals surface area contributed by atoms with Gasteiger partial charge in [0, 0.05) is 12.0 Å². The fraction of sp³-hybridized carbons (Fsp3) is 0.364. The van der Waals surface area contributed by atoms with Crippen molar-refractivity contribution in [2.45, 2.75) is 25.7 Å². The Bertz CT molecular complexity index is 522. The summed E-state index contributed by atoms with van der Waals surface area (Å²) in [7, 11) is 0. The number of aromatic amines is 1. The minimum absolute atomic E-state index is 0.305. The highest BCUT2D eigenvalue weighted by Crippen LogP contribution is 2.28. The predicted molar refractivity (Wildman–Crippen MR) is 55.8 cm³/mol. The zero-order valence-corrected chi connectivity index (χ0v) is 8.72. The zero-order chi connectivity index (χ0) is 11.3. The molecule has 0 saturated carbocycles. The van der Waals surface area contributed by atoms with Gasteiger partial charge >= 0.3 is 0 Å². The molecule has 2 amide bonds. The average Bonchev–Trinajstić information content (AvgIpc) is 2.55. The van der Waals surface area contributed by atoms with Crippen molar-refractivity contribution >= 4 is 17.6 Å². The van der Waals surface area contributed by atoms with Crippen molar-refractivity contribution in [3.63, 3.8) is 0 Å². The van der Waals surface area contributed by atoms with E-state index in [0.717, 1.165) is 36.9 Å². The van der Waals surface area contributed by atoms with Crippen LogP contribution in [0.5, 0.6) is 0 Å². The molecule has 1 aromatic rings. The van der Waals surface area contributed by atoms with E-state index in [-0.39, 0.29) is 11.8 Å². The number of nitrogens with two attached hydrogens (primary N) is 1. The second-order valence-corrected chi connectivity index (χ2v) is 4.24. The van der Waals surface area contributed by atoms with Gasteiger partial charge in [-0.25, -0.2) is 4.98 Å². The van der Waals surface area contributed by atoms with E-state index in [9.17, 15) is 9.59 Å². The minimum atomic E-state index is -0.387. The van der Waals surface area contributed by atoms with Gasteiger partial charge in [0.1, 0.15) is 11.3 Å². The number of carbonyl (C=O) groups is 2. The van der Waals surface area contributed by atoms with E-state index in [1.807, 2.05) is 0 Å². The minimum Gasteiger partial charge on any atom is -0.288 e. The maximum absolute atomic E-state index is 11.7. The van der Waals surface area contributed by atoms with Gasteiger partial charge in [-0.1, -0.05) is 0 Å². The number of anilines is 1.